The van der Waals surface area contributed by atoms with Crippen molar-refractivity contribution < 1.29 is 9.47 Å². The van der Waals surface area contributed by atoms with E-state index in [-0.39, 0.29) is 0 Å². The van der Waals surface area contributed by atoms with Gasteiger partial charge in [0.2, 0.25) is 0 Å². The molecule has 0 saturated carbocycles. The highest BCUT2D eigenvalue weighted by Crippen LogP contribution is 2.33. The van der Waals surface area contributed by atoms with Crippen LogP contribution < -0.4 is 20.1 Å². The number of hydrogen-bond acceptors (Lipinski definition) is 6. The lowest BCUT2D eigenvalue weighted by Crippen LogP contribution is -2.30. The highest BCUT2D eigenvalue weighted by Gasteiger charge is 2.24. The number of rotatable bonds is 10. The van der Waals surface area contributed by atoms with Gasteiger partial charge in [-0.2, -0.15) is 0 Å². The number of hydrogen-bond donors (Lipinski definition) is 1. The lowest BCUT2D eigenvalue weighted by Gasteiger charge is -2.25. The number of aliphatic imine (C=N–C) groups is 1. The molecule has 2 N–H and O–H groups in total. The first-order valence-electron chi connectivity index (χ1n) is 14.9. The molecule has 7 nitrogen and oxygen atoms in total. The molecule has 7 heteroatoms. The Morgan fingerprint density at radius 2 is 2.02 bits per heavy atom. The normalized spacial score (nSPS) is 18.4. The van der Waals surface area contributed by atoms with Crippen molar-refractivity contribution in [1.82, 2.24) is 9.88 Å². The van der Waals surface area contributed by atoms with Crippen LogP contribution >= 0.6 is 0 Å². The summed E-state index contributed by atoms with van der Waals surface area (Å²) in [5, 5.41) is 0. The number of pyridine rings is 1. The van der Waals surface area contributed by atoms with Gasteiger partial charge in [0.05, 0.1) is 12.3 Å². The van der Waals surface area contributed by atoms with Crippen LogP contribution in [0.3, 0.4) is 0 Å². The molecule has 0 fully saturated rings. The lowest BCUT2D eigenvalue weighted by atomic mass is 10.1. The Bertz CT molecular complexity index is 1370. The molecular formula is C34H45N5O2. The van der Waals surface area contributed by atoms with E-state index in [0.29, 0.717) is 24.1 Å². The first kappa shape index (κ1) is 30.0. The van der Waals surface area contributed by atoms with Gasteiger partial charge in [-0.25, -0.2) is 9.98 Å². The number of benzene rings is 1. The number of fused-ring (bicyclic) bond motifs is 1. The summed E-state index contributed by atoms with van der Waals surface area (Å²) >= 11 is 0. The molecule has 1 aromatic carbocycles. The SMILES string of the molecule is C/C=C\N1C=CC(Oc2ccc(N=C(N)c3nc4c(cc3C)OCC(C)CN4CCCCC)cc2C)=C/C1=C\CC. The summed E-state index contributed by atoms with van der Waals surface area (Å²) in [6.45, 7) is 15.2. The van der Waals surface area contributed by atoms with E-state index in [0.717, 1.165) is 71.5 Å². The summed E-state index contributed by atoms with van der Waals surface area (Å²) in [4.78, 5) is 14.2. The van der Waals surface area contributed by atoms with Gasteiger partial charge in [-0.15, -0.1) is 0 Å². The Morgan fingerprint density at radius 1 is 1.20 bits per heavy atom. The number of amidine groups is 1. The lowest BCUT2D eigenvalue weighted by molar-refractivity contribution is 0.273. The topological polar surface area (TPSA) is 76.2 Å². The van der Waals surface area contributed by atoms with Gasteiger partial charge in [0, 0.05) is 43.2 Å². The first-order chi connectivity index (χ1) is 19.8. The molecule has 0 spiro atoms. The molecule has 0 bridgehead atoms. The molecule has 0 amide bonds. The van der Waals surface area contributed by atoms with E-state index in [4.69, 9.17) is 25.2 Å². The molecule has 2 aliphatic heterocycles. The zero-order chi connectivity index (χ0) is 29.4. The van der Waals surface area contributed by atoms with Crippen molar-refractivity contribution in [3.8, 4) is 11.5 Å². The van der Waals surface area contributed by atoms with Crippen molar-refractivity contribution >= 4 is 17.3 Å². The third-order valence-electron chi connectivity index (χ3n) is 7.13. The fourth-order valence-corrected chi connectivity index (χ4v) is 5.05. The summed E-state index contributed by atoms with van der Waals surface area (Å²) in [5.74, 6) is 4.07. The first-order valence-corrected chi connectivity index (χ1v) is 14.9. The molecule has 1 atom stereocenters. The zero-order valence-corrected chi connectivity index (χ0v) is 25.5. The summed E-state index contributed by atoms with van der Waals surface area (Å²) in [6.07, 6.45) is 16.7. The summed E-state index contributed by atoms with van der Waals surface area (Å²) in [6, 6.07) is 7.92. The minimum Gasteiger partial charge on any atom is -0.489 e. The smallest absolute Gasteiger partial charge is 0.172 e. The maximum absolute atomic E-state index is 6.58. The number of anilines is 1. The second kappa shape index (κ2) is 14.1. The number of nitrogens with zero attached hydrogens (tertiary/aromatic N) is 4. The van der Waals surface area contributed by atoms with Crippen LogP contribution in [-0.2, 0) is 0 Å². The number of allylic oxidation sites excluding steroid dienone is 4. The highest BCUT2D eigenvalue weighted by atomic mass is 16.5. The molecule has 1 aromatic heterocycles. The molecule has 3 heterocycles. The maximum atomic E-state index is 6.58. The largest absolute Gasteiger partial charge is 0.489 e. The summed E-state index contributed by atoms with van der Waals surface area (Å²) in [5.41, 5.74) is 11.0. The monoisotopic (exact) mass is 555 g/mol. The van der Waals surface area contributed by atoms with Crippen LogP contribution in [0.25, 0.3) is 0 Å². The second-order valence-corrected chi connectivity index (χ2v) is 10.9. The minimum absolute atomic E-state index is 0.389. The average Bonchev–Trinajstić information content (AvgIpc) is 3.09. The van der Waals surface area contributed by atoms with Gasteiger partial charge in [-0.3, -0.25) is 0 Å². The van der Waals surface area contributed by atoms with Crippen LogP contribution in [0.1, 0.15) is 70.2 Å². The zero-order valence-electron chi connectivity index (χ0n) is 25.5. The molecule has 218 valence electrons. The van der Waals surface area contributed by atoms with Crippen molar-refractivity contribution in [1.29, 1.82) is 0 Å². The van der Waals surface area contributed by atoms with Crippen molar-refractivity contribution in [3.63, 3.8) is 0 Å². The summed E-state index contributed by atoms with van der Waals surface area (Å²) in [7, 11) is 0. The van der Waals surface area contributed by atoms with E-state index in [1.54, 1.807) is 0 Å². The molecule has 0 aliphatic carbocycles. The minimum atomic E-state index is 0.389. The van der Waals surface area contributed by atoms with Gasteiger partial charge < -0.3 is 25.0 Å². The Kier molecular flexibility index (Phi) is 10.3. The third kappa shape index (κ3) is 7.60. The van der Waals surface area contributed by atoms with E-state index >= 15 is 0 Å². The van der Waals surface area contributed by atoms with Crippen molar-refractivity contribution in [2.45, 2.75) is 67.2 Å². The van der Waals surface area contributed by atoms with E-state index in [1.807, 2.05) is 63.5 Å². The van der Waals surface area contributed by atoms with Gasteiger partial charge in [0.25, 0.3) is 0 Å². The Balaban J connectivity index is 1.56. The maximum Gasteiger partial charge on any atom is 0.172 e. The fourth-order valence-electron chi connectivity index (χ4n) is 5.05. The van der Waals surface area contributed by atoms with Crippen LogP contribution in [0.2, 0.25) is 0 Å². The molecule has 2 aliphatic rings. The quantitative estimate of drug-likeness (QED) is 0.184. The van der Waals surface area contributed by atoms with Crippen LogP contribution in [0, 0.1) is 19.8 Å². The second-order valence-electron chi connectivity index (χ2n) is 10.9. The van der Waals surface area contributed by atoms with Crippen molar-refractivity contribution in [3.05, 3.63) is 89.2 Å². The predicted molar refractivity (Wildman–Crippen MR) is 170 cm³/mol. The van der Waals surface area contributed by atoms with E-state index in [1.165, 1.54) is 12.8 Å². The summed E-state index contributed by atoms with van der Waals surface area (Å²) < 4.78 is 12.4. The van der Waals surface area contributed by atoms with Crippen molar-refractivity contribution in [2.24, 2.45) is 16.6 Å². The Morgan fingerprint density at radius 3 is 2.76 bits per heavy atom. The van der Waals surface area contributed by atoms with Crippen LogP contribution in [0.4, 0.5) is 11.5 Å². The van der Waals surface area contributed by atoms with E-state index < -0.39 is 0 Å². The van der Waals surface area contributed by atoms with Gasteiger partial charge in [-0.1, -0.05) is 45.8 Å². The molecule has 1 unspecified atom stereocenters. The highest BCUT2D eigenvalue weighted by molar-refractivity contribution is 5.99. The predicted octanol–water partition coefficient (Wildman–Crippen LogP) is 7.68. The standard InChI is InChI=1S/C34H45N5O2/c1-7-10-11-17-39-22-24(4)23-40-31-20-26(6)32(37-34(31)39)33(35)36-27-13-14-30(25(5)19-27)41-29-15-18-38(16-9-3)28(21-29)12-8-2/h9,12-16,18-21,24H,7-8,10-11,17,22-23H2,1-6H3,(H2,35,36)/b16-9-,28-12+. The average molecular weight is 556 g/mol. The number of unbranched alkanes of at least 4 members (excludes halogenated alkanes) is 2. The van der Waals surface area contributed by atoms with E-state index in [2.05, 4.69) is 48.8 Å². The molecule has 0 radical (unpaired) electrons. The van der Waals surface area contributed by atoms with Crippen LogP contribution in [0.5, 0.6) is 11.5 Å². The van der Waals surface area contributed by atoms with E-state index in [9.17, 15) is 0 Å². The van der Waals surface area contributed by atoms with Crippen molar-refractivity contribution in [2.75, 3.05) is 24.6 Å². The molecular weight excluding hydrogens is 510 g/mol. The number of aryl methyl sites for hydroxylation is 2. The number of aromatic nitrogens is 1. The van der Waals surface area contributed by atoms with Crippen LogP contribution in [0.15, 0.2) is 77.4 Å². The van der Waals surface area contributed by atoms with Crippen LogP contribution in [-0.4, -0.2) is 35.4 Å². The Labute approximate surface area is 245 Å². The molecule has 2 aromatic rings. The Hall–Kier alpha value is -4.00. The van der Waals surface area contributed by atoms with Gasteiger partial charge in [0.1, 0.15) is 23.0 Å². The fraction of sp³-hybridized carbons (Fsp3) is 0.412. The third-order valence-corrected chi connectivity index (χ3v) is 7.13. The number of nitrogens with two attached hydrogens (primary N) is 1. The molecule has 0 saturated heterocycles. The molecule has 4 rings (SSSR count). The molecule has 41 heavy (non-hydrogen) atoms. The van der Waals surface area contributed by atoms with Gasteiger partial charge in [-0.05, 0) is 75.1 Å². The van der Waals surface area contributed by atoms with Gasteiger partial charge >= 0.3 is 0 Å². The van der Waals surface area contributed by atoms with Gasteiger partial charge in [0.15, 0.2) is 11.6 Å². The number of ether oxygens (including phenoxy) is 2.